The van der Waals surface area contributed by atoms with Crippen molar-refractivity contribution in [3.05, 3.63) is 30.0 Å². The van der Waals surface area contributed by atoms with Crippen molar-refractivity contribution >= 4 is 34.7 Å². The van der Waals surface area contributed by atoms with E-state index in [1.807, 2.05) is 20.8 Å². The van der Waals surface area contributed by atoms with Crippen molar-refractivity contribution in [3.63, 3.8) is 0 Å². The quantitative estimate of drug-likeness (QED) is 0.576. The standard InChI is InChI=1S/C27H34F2N8O/c1-15-13-30-24-27(4,5)38-22-19(28)10-16(11-21(22)37(24)35-15)33-25-31-14-20(29)23(34-25)32-17-9-18-7-6-8-36(18)26(2,3)12-17/h10-11,14,17-18H,6-9,12-13H2,1-5H3,(H2,31,32,33,34). The van der Waals surface area contributed by atoms with E-state index in [1.165, 1.54) is 18.9 Å². The second kappa shape index (κ2) is 8.86. The second-order valence-corrected chi connectivity index (χ2v) is 11.8. The van der Waals surface area contributed by atoms with Crippen LogP contribution in [0.25, 0.3) is 0 Å². The molecule has 4 aliphatic heterocycles. The van der Waals surface area contributed by atoms with Crippen molar-refractivity contribution in [2.24, 2.45) is 10.1 Å². The average molecular weight is 525 g/mol. The first-order valence-electron chi connectivity index (χ1n) is 13.2. The summed E-state index contributed by atoms with van der Waals surface area (Å²) in [5.41, 5.74) is 0.823. The highest BCUT2D eigenvalue weighted by Gasteiger charge is 2.44. The Morgan fingerprint density at radius 2 is 1.95 bits per heavy atom. The third-order valence-electron chi connectivity index (χ3n) is 7.88. The lowest BCUT2D eigenvalue weighted by Crippen LogP contribution is -2.55. The molecule has 2 aromatic rings. The molecule has 202 valence electrons. The van der Waals surface area contributed by atoms with Crippen LogP contribution in [-0.2, 0) is 0 Å². The number of aliphatic imine (C=N–C) groups is 1. The van der Waals surface area contributed by atoms with Crippen molar-refractivity contribution in [3.8, 4) is 5.75 Å². The van der Waals surface area contributed by atoms with Gasteiger partial charge in [-0.2, -0.15) is 10.1 Å². The van der Waals surface area contributed by atoms with Crippen LogP contribution < -0.4 is 20.4 Å². The number of piperidine rings is 1. The summed E-state index contributed by atoms with van der Waals surface area (Å²) in [6, 6.07) is 3.62. The summed E-state index contributed by atoms with van der Waals surface area (Å²) >= 11 is 0. The largest absolute Gasteiger partial charge is 0.475 e. The van der Waals surface area contributed by atoms with E-state index >= 15 is 4.39 Å². The highest BCUT2D eigenvalue weighted by atomic mass is 19.1. The number of nitrogens with one attached hydrogen (secondary N) is 2. The Bertz CT molecular complexity index is 1340. The molecule has 0 radical (unpaired) electrons. The summed E-state index contributed by atoms with van der Waals surface area (Å²) in [4.78, 5) is 15.7. The summed E-state index contributed by atoms with van der Waals surface area (Å²) in [6.07, 6.45) is 5.34. The molecule has 2 unspecified atom stereocenters. The molecule has 38 heavy (non-hydrogen) atoms. The lowest BCUT2D eigenvalue weighted by atomic mass is 9.84. The number of anilines is 4. The lowest BCUT2D eigenvalue weighted by Gasteiger charge is -2.47. The minimum absolute atomic E-state index is 0.0381. The van der Waals surface area contributed by atoms with Crippen molar-refractivity contribution in [2.45, 2.75) is 83.5 Å². The van der Waals surface area contributed by atoms with Gasteiger partial charge < -0.3 is 15.4 Å². The summed E-state index contributed by atoms with van der Waals surface area (Å²) in [5.74, 6) is -0.0665. The van der Waals surface area contributed by atoms with Gasteiger partial charge in [0.25, 0.3) is 0 Å². The normalized spacial score (nSPS) is 25.4. The van der Waals surface area contributed by atoms with Gasteiger partial charge in [-0.1, -0.05) is 0 Å². The van der Waals surface area contributed by atoms with Gasteiger partial charge in [0, 0.05) is 29.4 Å². The molecular formula is C27H34F2N8O. The van der Waals surface area contributed by atoms with E-state index < -0.39 is 17.2 Å². The molecule has 6 rings (SSSR count). The van der Waals surface area contributed by atoms with Gasteiger partial charge in [0.15, 0.2) is 34.6 Å². The van der Waals surface area contributed by atoms with Gasteiger partial charge in [0.2, 0.25) is 5.95 Å². The van der Waals surface area contributed by atoms with E-state index in [4.69, 9.17) is 4.74 Å². The highest BCUT2D eigenvalue weighted by Crippen LogP contribution is 2.43. The van der Waals surface area contributed by atoms with Crippen molar-refractivity contribution in [1.29, 1.82) is 0 Å². The van der Waals surface area contributed by atoms with Gasteiger partial charge in [-0.3, -0.25) is 9.89 Å². The lowest BCUT2D eigenvalue weighted by molar-refractivity contribution is 0.0500. The zero-order valence-electron chi connectivity index (χ0n) is 22.5. The Hall–Kier alpha value is -3.34. The van der Waals surface area contributed by atoms with Gasteiger partial charge in [-0.05, 0) is 72.9 Å². The number of fused-ring (bicyclic) bond motifs is 4. The zero-order chi connectivity index (χ0) is 26.8. The molecule has 0 bridgehead atoms. The fraction of sp³-hybridized carbons (Fsp3) is 0.556. The molecule has 0 amide bonds. The summed E-state index contributed by atoms with van der Waals surface area (Å²) in [5, 5.41) is 12.6. The summed E-state index contributed by atoms with van der Waals surface area (Å²) in [6.45, 7) is 11.6. The Morgan fingerprint density at radius 1 is 1.13 bits per heavy atom. The second-order valence-electron chi connectivity index (χ2n) is 11.8. The topological polar surface area (TPSA) is 90.3 Å². The number of amidine groups is 1. The van der Waals surface area contributed by atoms with Crippen LogP contribution in [0.3, 0.4) is 0 Å². The number of hydrazone groups is 1. The van der Waals surface area contributed by atoms with E-state index in [0.717, 1.165) is 31.3 Å². The van der Waals surface area contributed by atoms with Crippen LogP contribution in [0.2, 0.25) is 0 Å². The molecular weight excluding hydrogens is 490 g/mol. The van der Waals surface area contributed by atoms with Gasteiger partial charge in [-0.25, -0.2) is 18.8 Å². The molecule has 4 aliphatic rings. The molecule has 1 aromatic heterocycles. The van der Waals surface area contributed by atoms with Crippen LogP contribution in [-0.4, -0.2) is 62.7 Å². The Labute approximate surface area is 221 Å². The Kier molecular flexibility index (Phi) is 5.82. The molecule has 2 fully saturated rings. The third-order valence-corrected chi connectivity index (χ3v) is 7.88. The first kappa shape index (κ1) is 25.0. The van der Waals surface area contributed by atoms with Crippen LogP contribution in [0.15, 0.2) is 28.4 Å². The Morgan fingerprint density at radius 3 is 2.76 bits per heavy atom. The molecule has 9 nitrogen and oxygen atoms in total. The van der Waals surface area contributed by atoms with E-state index in [1.54, 1.807) is 11.1 Å². The van der Waals surface area contributed by atoms with Gasteiger partial charge in [-0.15, -0.1) is 0 Å². The number of aromatic nitrogens is 2. The third kappa shape index (κ3) is 4.36. The maximum atomic E-state index is 15.3. The first-order chi connectivity index (χ1) is 18.0. The fourth-order valence-corrected chi connectivity index (χ4v) is 6.30. The molecule has 2 atom stereocenters. The number of benzene rings is 1. The first-order valence-corrected chi connectivity index (χ1v) is 13.2. The summed E-state index contributed by atoms with van der Waals surface area (Å²) in [7, 11) is 0. The molecule has 2 N–H and O–H groups in total. The minimum atomic E-state index is -0.836. The number of hydrogen-bond donors (Lipinski definition) is 2. The minimum Gasteiger partial charge on any atom is -0.475 e. The average Bonchev–Trinajstić information content (AvgIpc) is 3.31. The van der Waals surface area contributed by atoms with Crippen LogP contribution in [0, 0.1) is 11.6 Å². The van der Waals surface area contributed by atoms with Crippen LogP contribution in [0.4, 0.5) is 31.9 Å². The van der Waals surface area contributed by atoms with Gasteiger partial charge >= 0.3 is 0 Å². The van der Waals surface area contributed by atoms with Gasteiger partial charge in [0.1, 0.15) is 5.69 Å². The van der Waals surface area contributed by atoms with Crippen molar-refractivity contribution in [2.75, 3.05) is 28.7 Å². The van der Waals surface area contributed by atoms with Crippen LogP contribution >= 0.6 is 0 Å². The molecule has 5 heterocycles. The van der Waals surface area contributed by atoms with E-state index in [0.29, 0.717) is 29.8 Å². The van der Waals surface area contributed by atoms with Crippen molar-refractivity contribution < 1.29 is 13.5 Å². The fourth-order valence-electron chi connectivity index (χ4n) is 6.30. The molecule has 0 saturated carbocycles. The number of halogens is 2. The molecule has 0 aliphatic carbocycles. The number of ether oxygens (including phenoxy) is 1. The maximum Gasteiger partial charge on any atom is 0.229 e. The van der Waals surface area contributed by atoms with E-state index in [-0.39, 0.29) is 29.1 Å². The zero-order valence-corrected chi connectivity index (χ0v) is 22.5. The summed E-state index contributed by atoms with van der Waals surface area (Å²) < 4.78 is 36.0. The molecule has 2 saturated heterocycles. The molecule has 11 heteroatoms. The monoisotopic (exact) mass is 524 g/mol. The molecule has 1 aromatic carbocycles. The van der Waals surface area contributed by atoms with E-state index in [2.05, 4.69) is 49.4 Å². The number of hydrogen-bond acceptors (Lipinski definition) is 9. The number of nitrogens with zero attached hydrogens (tertiary/aromatic N) is 6. The maximum absolute atomic E-state index is 15.3. The van der Waals surface area contributed by atoms with E-state index in [9.17, 15) is 4.39 Å². The smallest absolute Gasteiger partial charge is 0.229 e. The van der Waals surface area contributed by atoms with Crippen LogP contribution in [0.1, 0.15) is 60.3 Å². The number of rotatable bonds is 4. The SMILES string of the molecule is CC1=NN2C(=NC1)C(C)(C)Oc1c(F)cc(Nc3ncc(F)c(NC4CC5CCCN5C(C)(C)C4)n3)cc12. The molecule has 0 spiro atoms. The Balaban J connectivity index is 1.26. The predicted octanol–water partition coefficient (Wildman–Crippen LogP) is 5.08. The van der Waals surface area contributed by atoms with Crippen LogP contribution in [0.5, 0.6) is 5.75 Å². The predicted molar refractivity (Wildman–Crippen MR) is 145 cm³/mol. The van der Waals surface area contributed by atoms with Crippen molar-refractivity contribution in [1.82, 2.24) is 14.9 Å². The van der Waals surface area contributed by atoms with Gasteiger partial charge in [0.05, 0.1) is 18.5 Å². The highest BCUT2D eigenvalue weighted by molar-refractivity contribution is 6.10.